The molecule has 2 aliphatic rings. The van der Waals surface area contributed by atoms with E-state index in [1.165, 1.54) is 24.4 Å². The number of alkyl halides is 3. The standard InChI is InChI=1S/C24H32F3N7O2/c25-24(26,27)20-16-19(4-3-17(20)5-11-32-10-1-2-18(28)6-12-32)34-13-7-21(31-23(34)36)30-22(35)33-14-8-29-9-15-33/h3-4,7,13,16,18,29H,1-2,5-6,8-12,14-15,28H2,(H,30,31,35,36). The van der Waals surface area contributed by atoms with E-state index in [1.807, 2.05) is 0 Å². The van der Waals surface area contributed by atoms with E-state index in [0.29, 0.717) is 32.7 Å². The van der Waals surface area contributed by atoms with Crippen LogP contribution in [-0.4, -0.2) is 77.2 Å². The van der Waals surface area contributed by atoms with Crippen LogP contribution in [0.3, 0.4) is 0 Å². The molecule has 196 valence electrons. The van der Waals surface area contributed by atoms with Gasteiger partial charge in [-0.2, -0.15) is 18.2 Å². The van der Waals surface area contributed by atoms with E-state index < -0.39 is 17.4 Å². The van der Waals surface area contributed by atoms with E-state index in [0.717, 1.165) is 43.0 Å². The number of halogens is 3. The molecule has 1 aromatic heterocycles. The Bertz CT molecular complexity index is 1120. The maximum Gasteiger partial charge on any atom is 0.416 e. The van der Waals surface area contributed by atoms with Gasteiger partial charge in [0, 0.05) is 45.0 Å². The van der Waals surface area contributed by atoms with E-state index >= 15 is 0 Å². The molecule has 1 atom stereocenters. The summed E-state index contributed by atoms with van der Waals surface area (Å²) in [5.74, 6) is 0.0459. The Balaban J connectivity index is 1.49. The summed E-state index contributed by atoms with van der Waals surface area (Å²) in [4.78, 5) is 32.6. The van der Waals surface area contributed by atoms with E-state index in [-0.39, 0.29) is 35.6 Å². The molecule has 0 bridgehead atoms. The Labute approximate surface area is 207 Å². The molecule has 0 radical (unpaired) electrons. The van der Waals surface area contributed by atoms with Gasteiger partial charge in [-0.05, 0) is 62.5 Å². The van der Waals surface area contributed by atoms with Gasteiger partial charge in [-0.1, -0.05) is 6.07 Å². The van der Waals surface area contributed by atoms with Gasteiger partial charge in [0.1, 0.15) is 5.82 Å². The number of piperazine rings is 1. The molecule has 2 aromatic rings. The van der Waals surface area contributed by atoms with Crippen LogP contribution in [0.15, 0.2) is 35.3 Å². The first-order valence-electron chi connectivity index (χ1n) is 12.3. The Kier molecular flexibility index (Phi) is 8.27. The van der Waals surface area contributed by atoms with Crippen LogP contribution in [0.2, 0.25) is 0 Å². The van der Waals surface area contributed by atoms with Gasteiger partial charge >= 0.3 is 17.9 Å². The number of urea groups is 1. The lowest BCUT2D eigenvalue weighted by atomic mass is 10.0. The van der Waals surface area contributed by atoms with Crippen molar-refractivity contribution in [3.63, 3.8) is 0 Å². The molecular formula is C24H32F3N7O2. The lowest BCUT2D eigenvalue weighted by molar-refractivity contribution is -0.138. The molecule has 2 amide bonds. The summed E-state index contributed by atoms with van der Waals surface area (Å²) in [6, 6.07) is 5.06. The number of benzene rings is 1. The molecule has 2 aliphatic heterocycles. The highest BCUT2D eigenvalue weighted by molar-refractivity contribution is 5.88. The third-order valence-electron chi connectivity index (χ3n) is 6.68. The summed E-state index contributed by atoms with van der Waals surface area (Å²) >= 11 is 0. The second-order valence-electron chi connectivity index (χ2n) is 9.25. The van der Waals surface area contributed by atoms with E-state index in [4.69, 9.17) is 5.73 Å². The number of nitrogens with two attached hydrogens (primary N) is 1. The zero-order chi connectivity index (χ0) is 25.7. The quantitative estimate of drug-likeness (QED) is 0.572. The number of nitrogens with zero attached hydrogens (tertiary/aromatic N) is 4. The molecule has 12 heteroatoms. The molecule has 4 N–H and O–H groups in total. The summed E-state index contributed by atoms with van der Waals surface area (Å²) in [6.45, 7) is 4.52. The lowest BCUT2D eigenvalue weighted by Crippen LogP contribution is -2.48. The molecule has 3 heterocycles. The minimum Gasteiger partial charge on any atom is -0.328 e. The molecule has 2 fully saturated rings. The summed E-state index contributed by atoms with van der Waals surface area (Å²) in [6.07, 6.45) is -0.298. The number of amides is 2. The van der Waals surface area contributed by atoms with Gasteiger partial charge in [-0.3, -0.25) is 9.88 Å². The summed E-state index contributed by atoms with van der Waals surface area (Å²) in [5, 5.41) is 5.71. The SMILES string of the molecule is NC1CCCN(CCc2ccc(-n3ccc(NC(=O)N4CCNCC4)nc3=O)cc2C(F)(F)F)CC1. The number of nitrogens with one attached hydrogen (secondary N) is 2. The van der Waals surface area contributed by atoms with Gasteiger partial charge in [0.25, 0.3) is 0 Å². The topological polar surface area (TPSA) is 109 Å². The third kappa shape index (κ3) is 6.62. The summed E-state index contributed by atoms with van der Waals surface area (Å²) in [7, 11) is 0. The fourth-order valence-corrected chi connectivity index (χ4v) is 4.61. The number of hydrogen-bond donors (Lipinski definition) is 3. The molecule has 0 spiro atoms. The van der Waals surface area contributed by atoms with Crippen LogP contribution in [0, 0.1) is 0 Å². The van der Waals surface area contributed by atoms with Crippen molar-refractivity contribution in [2.75, 3.05) is 51.1 Å². The molecule has 2 saturated heterocycles. The number of likely N-dealkylation sites (tertiary alicyclic amines) is 1. The Hall–Kier alpha value is -2.96. The number of carbonyl (C=O) groups excluding carboxylic acids is 1. The van der Waals surface area contributed by atoms with Gasteiger partial charge < -0.3 is 20.9 Å². The molecule has 0 saturated carbocycles. The third-order valence-corrected chi connectivity index (χ3v) is 6.68. The summed E-state index contributed by atoms with van der Waals surface area (Å²) < 4.78 is 42.8. The molecule has 4 rings (SSSR count). The second-order valence-corrected chi connectivity index (χ2v) is 9.25. The van der Waals surface area contributed by atoms with Gasteiger partial charge in [0.2, 0.25) is 0 Å². The average Bonchev–Trinajstić information content (AvgIpc) is 3.06. The molecule has 1 aromatic carbocycles. The molecular weight excluding hydrogens is 475 g/mol. The number of aromatic nitrogens is 2. The van der Waals surface area contributed by atoms with Crippen LogP contribution >= 0.6 is 0 Å². The predicted octanol–water partition coefficient (Wildman–Crippen LogP) is 2.04. The van der Waals surface area contributed by atoms with Crippen molar-refractivity contribution in [2.24, 2.45) is 5.73 Å². The maximum atomic E-state index is 13.9. The van der Waals surface area contributed by atoms with Gasteiger partial charge in [-0.15, -0.1) is 0 Å². The molecule has 1 unspecified atom stereocenters. The van der Waals surface area contributed by atoms with Crippen molar-refractivity contribution in [3.8, 4) is 5.69 Å². The zero-order valence-electron chi connectivity index (χ0n) is 20.1. The fourth-order valence-electron chi connectivity index (χ4n) is 4.61. The van der Waals surface area contributed by atoms with Crippen LogP contribution in [0.5, 0.6) is 0 Å². The first-order valence-corrected chi connectivity index (χ1v) is 12.3. The largest absolute Gasteiger partial charge is 0.416 e. The molecule has 36 heavy (non-hydrogen) atoms. The monoisotopic (exact) mass is 507 g/mol. The van der Waals surface area contributed by atoms with Crippen molar-refractivity contribution in [1.82, 2.24) is 24.7 Å². The van der Waals surface area contributed by atoms with Crippen molar-refractivity contribution < 1.29 is 18.0 Å². The first kappa shape index (κ1) is 26.1. The van der Waals surface area contributed by atoms with Gasteiger partial charge in [0.15, 0.2) is 0 Å². The highest BCUT2D eigenvalue weighted by Crippen LogP contribution is 2.33. The minimum atomic E-state index is -4.57. The van der Waals surface area contributed by atoms with E-state index in [1.54, 1.807) is 4.90 Å². The van der Waals surface area contributed by atoms with Crippen LogP contribution in [0.1, 0.15) is 30.4 Å². The smallest absolute Gasteiger partial charge is 0.328 e. The van der Waals surface area contributed by atoms with Crippen molar-refractivity contribution in [2.45, 2.75) is 37.9 Å². The number of anilines is 1. The predicted molar refractivity (Wildman–Crippen MR) is 130 cm³/mol. The van der Waals surface area contributed by atoms with Crippen molar-refractivity contribution in [1.29, 1.82) is 0 Å². The van der Waals surface area contributed by atoms with Crippen LogP contribution in [0.4, 0.5) is 23.8 Å². The van der Waals surface area contributed by atoms with Gasteiger partial charge in [0.05, 0.1) is 11.3 Å². The highest BCUT2D eigenvalue weighted by atomic mass is 19.4. The van der Waals surface area contributed by atoms with Crippen molar-refractivity contribution >= 4 is 11.8 Å². The Morgan fingerprint density at radius 1 is 1.14 bits per heavy atom. The first-order chi connectivity index (χ1) is 17.2. The van der Waals surface area contributed by atoms with Crippen LogP contribution in [-0.2, 0) is 12.6 Å². The van der Waals surface area contributed by atoms with Crippen molar-refractivity contribution in [3.05, 3.63) is 52.1 Å². The Morgan fingerprint density at radius 3 is 2.64 bits per heavy atom. The highest BCUT2D eigenvalue weighted by Gasteiger charge is 2.34. The van der Waals surface area contributed by atoms with Gasteiger partial charge in [-0.25, -0.2) is 9.59 Å². The number of carbonyl (C=O) groups is 1. The average molecular weight is 508 g/mol. The molecule has 0 aliphatic carbocycles. The second kappa shape index (κ2) is 11.4. The number of rotatable bonds is 5. The number of hydrogen-bond acceptors (Lipinski definition) is 6. The minimum absolute atomic E-state index is 0.0459. The van der Waals surface area contributed by atoms with Crippen LogP contribution in [0.25, 0.3) is 5.69 Å². The van der Waals surface area contributed by atoms with Crippen LogP contribution < -0.4 is 22.1 Å². The van der Waals surface area contributed by atoms with E-state index in [9.17, 15) is 22.8 Å². The zero-order valence-corrected chi connectivity index (χ0v) is 20.1. The Morgan fingerprint density at radius 2 is 1.92 bits per heavy atom. The maximum absolute atomic E-state index is 13.9. The molecule has 9 nitrogen and oxygen atoms in total. The fraction of sp³-hybridized carbons (Fsp3) is 0.542. The lowest BCUT2D eigenvalue weighted by Gasteiger charge is -2.27. The summed E-state index contributed by atoms with van der Waals surface area (Å²) in [5.41, 5.74) is 4.69. The normalized spacial score (nSPS) is 19.7. The van der Waals surface area contributed by atoms with E-state index in [2.05, 4.69) is 20.5 Å².